The maximum absolute atomic E-state index is 12.9. The summed E-state index contributed by atoms with van der Waals surface area (Å²) in [7, 11) is 0. The molecular weight excluding hydrogens is 418 g/mol. The first-order chi connectivity index (χ1) is 13.4. The number of nitrogens with one attached hydrogen (secondary N) is 1. The summed E-state index contributed by atoms with van der Waals surface area (Å²) in [4.78, 5) is 26.7. The van der Waals surface area contributed by atoms with Crippen molar-refractivity contribution >= 4 is 38.9 Å². The number of hydrogen-bond donors (Lipinski definition) is 1. The van der Waals surface area contributed by atoms with E-state index in [4.69, 9.17) is 0 Å². The molecule has 0 aliphatic heterocycles. The molecule has 0 fully saturated rings. The Kier molecular flexibility index (Phi) is 6.31. The van der Waals surface area contributed by atoms with Crippen LogP contribution in [-0.4, -0.2) is 16.5 Å². The van der Waals surface area contributed by atoms with Crippen LogP contribution in [0.15, 0.2) is 82.2 Å². The highest BCUT2D eigenvalue weighted by molar-refractivity contribution is 9.10. The molecule has 6 heteroatoms. The molecule has 0 radical (unpaired) electrons. The first-order valence-corrected chi connectivity index (χ1v) is 9.83. The Balaban J connectivity index is 1.78. The van der Waals surface area contributed by atoms with Gasteiger partial charge < -0.3 is 14.8 Å². The van der Waals surface area contributed by atoms with E-state index >= 15 is 0 Å². The molecule has 144 valence electrons. The first-order valence-electron chi connectivity index (χ1n) is 9.04. The summed E-state index contributed by atoms with van der Waals surface area (Å²) in [5.74, 6) is -0.140. The molecule has 28 heavy (non-hydrogen) atoms. The van der Waals surface area contributed by atoms with Crippen molar-refractivity contribution in [3.63, 3.8) is 0 Å². The van der Waals surface area contributed by atoms with Gasteiger partial charge in [0.15, 0.2) is 0 Å². The first kappa shape index (κ1) is 19.9. The van der Waals surface area contributed by atoms with E-state index in [-0.39, 0.29) is 24.1 Å². The number of amides is 1. The highest BCUT2D eigenvalue weighted by Gasteiger charge is 2.20. The van der Waals surface area contributed by atoms with Crippen molar-refractivity contribution in [3.05, 3.63) is 87.8 Å². The third-order valence-electron chi connectivity index (χ3n) is 4.25. The molecular formula is C22H22BrN3O2. The second-order valence-corrected chi connectivity index (χ2v) is 7.62. The number of hydrogen-bond acceptors (Lipinski definition) is 3. The number of rotatable bonds is 6. The van der Waals surface area contributed by atoms with Gasteiger partial charge in [-0.2, -0.15) is 0 Å². The molecule has 0 unspecified atom stereocenters. The van der Waals surface area contributed by atoms with Gasteiger partial charge in [0.1, 0.15) is 6.54 Å². The van der Waals surface area contributed by atoms with Gasteiger partial charge in [-0.25, -0.2) is 0 Å². The average molecular weight is 440 g/mol. The van der Waals surface area contributed by atoms with E-state index in [9.17, 15) is 9.59 Å². The molecule has 2 aromatic carbocycles. The van der Waals surface area contributed by atoms with Gasteiger partial charge in [0.25, 0.3) is 5.56 Å². The molecule has 1 N–H and O–H groups in total. The molecule has 0 aliphatic carbocycles. The minimum Gasteiger partial charge on any atom is -0.356 e. The monoisotopic (exact) mass is 439 g/mol. The third kappa shape index (κ3) is 4.89. The fraction of sp³-hybridized carbons (Fsp3) is 0.182. The second kappa shape index (κ2) is 8.89. The van der Waals surface area contributed by atoms with Crippen LogP contribution < -0.4 is 15.8 Å². The van der Waals surface area contributed by atoms with Crippen molar-refractivity contribution in [1.29, 1.82) is 0 Å². The van der Waals surface area contributed by atoms with Crippen molar-refractivity contribution in [3.8, 4) is 0 Å². The molecule has 0 atom stereocenters. The van der Waals surface area contributed by atoms with Crippen LogP contribution in [0.4, 0.5) is 17.1 Å². The summed E-state index contributed by atoms with van der Waals surface area (Å²) in [6.07, 6.45) is 1.63. The number of anilines is 3. The van der Waals surface area contributed by atoms with Crippen LogP contribution in [0.5, 0.6) is 0 Å². The van der Waals surface area contributed by atoms with E-state index in [1.54, 1.807) is 17.2 Å². The number of carbonyl (C=O) groups excluding carboxylic acids is 1. The van der Waals surface area contributed by atoms with Crippen molar-refractivity contribution in [2.75, 3.05) is 10.2 Å². The Morgan fingerprint density at radius 1 is 1.00 bits per heavy atom. The van der Waals surface area contributed by atoms with Crippen LogP contribution >= 0.6 is 15.9 Å². The second-order valence-electron chi connectivity index (χ2n) is 6.71. The fourth-order valence-electron chi connectivity index (χ4n) is 2.97. The van der Waals surface area contributed by atoms with Gasteiger partial charge in [0, 0.05) is 39.8 Å². The molecule has 1 aromatic heterocycles. The van der Waals surface area contributed by atoms with Gasteiger partial charge in [0.2, 0.25) is 5.91 Å². The maximum atomic E-state index is 12.9. The molecule has 3 rings (SSSR count). The average Bonchev–Trinajstić information content (AvgIpc) is 2.67. The van der Waals surface area contributed by atoms with E-state index in [0.717, 1.165) is 21.5 Å². The fourth-order valence-corrected chi connectivity index (χ4v) is 3.35. The zero-order chi connectivity index (χ0) is 20.1. The van der Waals surface area contributed by atoms with Crippen molar-refractivity contribution < 1.29 is 4.79 Å². The minimum atomic E-state index is -0.206. The van der Waals surface area contributed by atoms with Crippen LogP contribution in [0, 0.1) is 0 Å². The summed E-state index contributed by atoms with van der Waals surface area (Å²) < 4.78 is 2.17. The molecule has 1 amide bonds. The van der Waals surface area contributed by atoms with Gasteiger partial charge >= 0.3 is 0 Å². The summed E-state index contributed by atoms with van der Waals surface area (Å²) in [5.41, 5.74) is 2.53. The van der Waals surface area contributed by atoms with Crippen molar-refractivity contribution in [1.82, 2.24) is 4.57 Å². The van der Waals surface area contributed by atoms with Gasteiger partial charge in [0.05, 0.1) is 0 Å². The smallest absolute Gasteiger partial charge is 0.251 e. The molecule has 0 spiro atoms. The Morgan fingerprint density at radius 2 is 1.64 bits per heavy atom. The summed E-state index contributed by atoms with van der Waals surface area (Å²) in [5, 5.41) is 3.33. The topological polar surface area (TPSA) is 54.3 Å². The van der Waals surface area contributed by atoms with E-state index in [1.807, 2.05) is 68.4 Å². The largest absolute Gasteiger partial charge is 0.356 e. The van der Waals surface area contributed by atoms with Crippen molar-refractivity contribution in [2.45, 2.75) is 26.4 Å². The Bertz CT molecular complexity index is 998. The number of nitrogens with zero attached hydrogens (tertiary/aromatic N) is 2. The van der Waals surface area contributed by atoms with Gasteiger partial charge in [-0.15, -0.1) is 0 Å². The number of pyridine rings is 1. The van der Waals surface area contributed by atoms with Crippen LogP contribution in [0.2, 0.25) is 0 Å². The lowest BCUT2D eigenvalue weighted by Crippen LogP contribution is -2.40. The number of benzene rings is 2. The Morgan fingerprint density at radius 3 is 2.29 bits per heavy atom. The van der Waals surface area contributed by atoms with Crippen LogP contribution in [-0.2, 0) is 11.3 Å². The van der Waals surface area contributed by atoms with Gasteiger partial charge in [-0.1, -0.05) is 18.2 Å². The van der Waals surface area contributed by atoms with Crippen LogP contribution in [0.1, 0.15) is 13.8 Å². The molecule has 1 heterocycles. The highest BCUT2D eigenvalue weighted by Crippen LogP contribution is 2.23. The molecule has 0 saturated carbocycles. The number of aromatic nitrogens is 1. The Hall–Kier alpha value is -2.86. The number of halogens is 1. The quantitative estimate of drug-likeness (QED) is 0.600. The Labute approximate surface area is 172 Å². The van der Waals surface area contributed by atoms with Crippen molar-refractivity contribution in [2.24, 2.45) is 0 Å². The maximum Gasteiger partial charge on any atom is 0.251 e. The molecule has 5 nitrogen and oxygen atoms in total. The zero-order valence-corrected chi connectivity index (χ0v) is 17.4. The predicted octanol–water partition coefficient (Wildman–Crippen LogP) is 4.80. The predicted molar refractivity (Wildman–Crippen MR) is 117 cm³/mol. The number of para-hydroxylation sites is 1. The van der Waals surface area contributed by atoms with Crippen LogP contribution in [0.3, 0.4) is 0 Å². The SMILES string of the molecule is CC(C)N(C(=O)Cn1cc(Br)ccc1=O)c1ccc(Nc2ccccc2)cc1. The standard InChI is InChI=1S/C22H22BrN3O2/c1-16(2)26(22(28)15-25-14-17(23)8-13-21(25)27)20-11-9-19(10-12-20)24-18-6-4-3-5-7-18/h3-14,16,24H,15H2,1-2H3. The lowest BCUT2D eigenvalue weighted by atomic mass is 10.2. The summed E-state index contributed by atoms with van der Waals surface area (Å²) in [6.45, 7) is 3.90. The molecule has 0 saturated heterocycles. The lowest BCUT2D eigenvalue weighted by Gasteiger charge is -2.27. The number of carbonyl (C=O) groups is 1. The minimum absolute atomic E-state index is 0.0134. The van der Waals surface area contributed by atoms with Crippen LogP contribution in [0.25, 0.3) is 0 Å². The van der Waals surface area contributed by atoms with Gasteiger partial charge in [-0.3, -0.25) is 9.59 Å². The highest BCUT2D eigenvalue weighted by atomic mass is 79.9. The van der Waals surface area contributed by atoms with E-state index in [1.165, 1.54) is 10.6 Å². The lowest BCUT2D eigenvalue weighted by molar-refractivity contribution is -0.119. The van der Waals surface area contributed by atoms with E-state index in [0.29, 0.717) is 0 Å². The van der Waals surface area contributed by atoms with E-state index in [2.05, 4.69) is 21.2 Å². The normalized spacial score (nSPS) is 10.7. The summed E-state index contributed by atoms with van der Waals surface area (Å²) in [6, 6.07) is 20.7. The van der Waals surface area contributed by atoms with E-state index < -0.39 is 0 Å². The molecule has 3 aromatic rings. The zero-order valence-electron chi connectivity index (χ0n) is 15.8. The molecule has 0 bridgehead atoms. The summed E-state index contributed by atoms with van der Waals surface area (Å²) >= 11 is 3.34. The van der Waals surface area contributed by atoms with Gasteiger partial charge in [-0.05, 0) is 72.2 Å². The third-order valence-corrected chi connectivity index (χ3v) is 4.72. The molecule has 0 aliphatic rings.